The smallest absolute Gasteiger partial charge is 0.277 e. The van der Waals surface area contributed by atoms with Crippen molar-refractivity contribution >= 4 is 5.91 Å². The Labute approximate surface area is 116 Å². The van der Waals surface area contributed by atoms with Crippen molar-refractivity contribution in [3.63, 3.8) is 0 Å². The maximum Gasteiger partial charge on any atom is 0.277 e. The van der Waals surface area contributed by atoms with E-state index in [0.717, 1.165) is 5.56 Å². The minimum Gasteiger partial charge on any atom is -0.350 e. The molecule has 6 heteroatoms. The molecule has 0 fully saturated rings. The third kappa shape index (κ3) is 6.06. The first-order valence-corrected chi connectivity index (χ1v) is 6.41. The zero-order chi connectivity index (χ0) is 15.2. The van der Waals surface area contributed by atoms with E-state index in [1.165, 1.54) is 12.1 Å². The molecule has 0 saturated heterocycles. The highest BCUT2D eigenvalue weighted by Crippen LogP contribution is 2.14. The molecule has 1 atom stereocenters. The van der Waals surface area contributed by atoms with Gasteiger partial charge in [0.15, 0.2) is 0 Å². The van der Waals surface area contributed by atoms with Crippen molar-refractivity contribution in [2.75, 3.05) is 13.1 Å². The number of alkyl halides is 2. The molecule has 3 nitrogen and oxygen atoms in total. The summed E-state index contributed by atoms with van der Waals surface area (Å²) >= 11 is 0. The zero-order valence-electron chi connectivity index (χ0n) is 11.3. The number of hydrogen-bond acceptors (Lipinski definition) is 2. The number of halogens is 3. The van der Waals surface area contributed by atoms with Crippen molar-refractivity contribution in [1.29, 1.82) is 0 Å². The molecule has 1 unspecified atom stereocenters. The number of nitrogens with one attached hydrogen (secondary N) is 1. The molecule has 0 aliphatic heterocycles. The molecular formula is C14H19F3N2O. The van der Waals surface area contributed by atoms with E-state index in [-0.39, 0.29) is 18.2 Å². The fourth-order valence-corrected chi connectivity index (χ4v) is 1.83. The van der Waals surface area contributed by atoms with E-state index in [0.29, 0.717) is 6.42 Å². The second-order valence-electron chi connectivity index (χ2n) is 4.98. The van der Waals surface area contributed by atoms with Crippen LogP contribution in [0.5, 0.6) is 0 Å². The average Bonchev–Trinajstić information content (AvgIpc) is 2.36. The molecule has 0 aliphatic carbocycles. The van der Waals surface area contributed by atoms with Crippen LogP contribution in [0.1, 0.15) is 18.9 Å². The minimum absolute atomic E-state index is 0.0664. The molecule has 0 aliphatic rings. The van der Waals surface area contributed by atoms with Crippen molar-refractivity contribution in [2.24, 2.45) is 11.7 Å². The summed E-state index contributed by atoms with van der Waals surface area (Å²) in [4.78, 5) is 11.5. The van der Waals surface area contributed by atoms with E-state index in [2.05, 4.69) is 5.32 Å². The monoisotopic (exact) mass is 288 g/mol. The van der Waals surface area contributed by atoms with Crippen LogP contribution >= 0.6 is 0 Å². The van der Waals surface area contributed by atoms with Gasteiger partial charge in [0.1, 0.15) is 5.82 Å². The van der Waals surface area contributed by atoms with Gasteiger partial charge in [-0.1, -0.05) is 19.1 Å². The van der Waals surface area contributed by atoms with E-state index in [9.17, 15) is 18.0 Å². The first-order valence-electron chi connectivity index (χ1n) is 6.41. The number of hydrogen-bond donors (Lipinski definition) is 2. The summed E-state index contributed by atoms with van der Waals surface area (Å²) in [5.41, 5.74) is 5.65. The third-order valence-electron chi connectivity index (χ3n) is 2.85. The van der Waals surface area contributed by atoms with Gasteiger partial charge in [-0.25, -0.2) is 13.2 Å². The SMILES string of the molecule is CC(CC(=O)NCC(F)(F)CN)Cc1cccc(F)c1. The summed E-state index contributed by atoms with van der Waals surface area (Å²) in [7, 11) is 0. The molecule has 112 valence electrons. The summed E-state index contributed by atoms with van der Waals surface area (Å²) in [6.45, 7) is 0.257. The Hall–Kier alpha value is -1.56. The molecule has 1 aromatic rings. The zero-order valence-corrected chi connectivity index (χ0v) is 11.3. The Kier molecular flexibility index (Phi) is 6.01. The number of carbonyl (C=O) groups is 1. The maximum atomic E-state index is 13.0. The summed E-state index contributed by atoms with van der Waals surface area (Å²) < 4.78 is 38.7. The van der Waals surface area contributed by atoms with Crippen LogP contribution in [0, 0.1) is 11.7 Å². The third-order valence-corrected chi connectivity index (χ3v) is 2.85. The van der Waals surface area contributed by atoms with Crippen LogP contribution in [-0.2, 0) is 11.2 Å². The average molecular weight is 288 g/mol. The van der Waals surface area contributed by atoms with Gasteiger partial charge in [0.05, 0.1) is 13.1 Å². The number of amides is 1. The molecular weight excluding hydrogens is 269 g/mol. The van der Waals surface area contributed by atoms with Crippen molar-refractivity contribution in [3.05, 3.63) is 35.6 Å². The van der Waals surface area contributed by atoms with Gasteiger partial charge in [0, 0.05) is 6.42 Å². The molecule has 0 saturated carbocycles. The highest BCUT2D eigenvalue weighted by atomic mass is 19.3. The normalized spacial score (nSPS) is 13.1. The fraction of sp³-hybridized carbons (Fsp3) is 0.500. The van der Waals surface area contributed by atoms with Gasteiger partial charge in [-0.3, -0.25) is 4.79 Å². The van der Waals surface area contributed by atoms with E-state index < -0.39 is 24.9 Å². The Morgan fingerprint density at radius 2 is 2.15 bits per heavy atom. The van der Waals surface area contributed by atoms with Crippen LogP contribution in [0.3, 0.4) is 0 Å². The van der Waals surface area contributed by atoms with Crippen LogP contribution in [0.4, 0.5) is 13.2 Å². The van der Waals surface area contributed by atoms with Crippen LogP contribution in [-0.4, -0.2) is 24.9 Å². The largest absolute Gasteiger partial charge is 0.350 e. The lowest BCUT2D eigenvalue weighted by atomic mass is 9.97. The van der Waals surface area contributed by atoms with Gasteiger partial charge in [0.2, 0.25) is 5.91 Å². The van der Waals surface area contributed by atoms with Crippen molar-refractivity contribution < 1.29 is 18.0 Å². The molecule has 0 aromatic heterocycles. The molecule has 0 spiro atoms. The van der Waals surface area contributed by atoms with Crippen LogP contribution < -0.4 is 11.1 Å². The lowest BCUT2D eigenvalue weighted by molar-refractivity contribution is -0.123. The van der Waals surface area contributed by atoms with Crippen LogP contribution in [0.25, 0.3) is 0 Å². The Balaban J connectivity index is 2.38. The lowest BCUT2D eigenvalue weighted by Gasteiger charge is -2.16. The van der Waals surface area contributed by atoms with Gasteiger partial charge in [-0.05, 0) is 30.0 Å². The van der Waals surface area contributed by atoms with Gasteiger partial charge in [-0.2, -0.15) is 0 Å². The summed E-state index contributed by atoms with van der Waals surface area (Å²) in [6, 6.07) is 6.10. The van der Waals surface area contributed by atoms with Gasteiger partial charge in [0.25, 0.3) is 5.92 Å². The summed E-state index contributed by atoms with van der Waals surface area (Å²) in [6.07, 6.45) is 0.621. The molecule has 20 heavy (non-hydrogen) atoms. The van der Waals surface area contributed by atoms with E-state index in [4.69, 9.17) is 5.73 Å². The van der Waals surface area contributed by atoms with Crippen molar-refractivity contribution in [2.45, 2.75) is 25.7 Å². The van der Waals surface area contributed by atoms with Gasteiger partial charge >= 0.3 is 0 Å². The molecule has 3 N–H and O–H groups in total. The second-order valence-corrected chi connectivity index (χ2v) is 4.98. The highest BCUT2D eigenvalue weighted by molar-refractivity contribution is 5.76. The first kappa shape index (κ1) is 16.5. The Morgan fingerprint density at radius 3 is 2.75 bits per heavy atom. The van der Waals surface area contributed by atoms with E-state index >= 15 is 0 Å². The molecule has 0 radical (unpaired) electrons. The Morgan fingerprint density at radius 1 is 1.45 bits per heavy atom. The number of carbonyl (C=O) groups excluding carboxylic acids is 1. The number of rotatable bonds is 7. The predicted molar refractivity (Wildman–Crippen MR) is 70.9 cm³/mol. The van der Waals surface area contributed by atoms with Crippen LogP contribution in [0.2, 0.25) is 0 Å². The highest BCUT2D eigenvalue weighted by Gasteiger charge is 2.27. The first-order chi connectivity index (χ1) is 9.32. The molecule has 1 rings (SSSR count). The van der Waals surface area contributed by atoms with E-state index in [1.807, 2.05) is 6.92 Å². The van der Waals surface area contributed by atoms with Crippen molar-refractivity contribution in [3.8, 4) is 0 Å². The molecule has 1 amide bonds. The standard InChI is InChI=1S/C14H19F3N2O/c1-10(5-11-3-2-4-12(15)7-11)6-13(20)19-9-14(16,17)8-18/h2-4,7,10H,5-6,8-9,18H2,1H3,(H,19,20). The molecule has 1 aromatic carbocycles. The molecule has 0 heterocycles. The minimum atomic E-state index is -3.08. The quantitative estimate of drug-likeness (QED) is 0.807. The molecule has 0 bridgehead atoms. The second kappa shape index (κ2) is 7.28. The number of nitrogens with two attached hydrogens (primary N) is 1. The number of benzene rings is 1. The Bertz CT molecular complexity index is 452. The summed E-state index contributed by atoms with van der Waals surface area (Å²) in [5, 5.41) is 2.16. The van der Waals surface area contributed by atoms with Crippen LogP contribution in [0.15, 0.2) is 24.3 Å². The van der Waals surface area contributed by atoms with Crippen molar-refractivity contribution in [1.82, 2.24) is 5.32 Å². The lowest BCUT2D eigenvalue weighted by Crippen LogP contribution is -2.41. The van der Waals surface area contributed by atoms with Gasteiger partial charge in [-0.15, -0.1) is 0 Å². The topological polar surface area (TPSA) is 55.1 Å². The van der Waals surface area contributed by atoms with Gasteiger partial charge < -0.3 is 11.1 Å². The van der Waals surface area contributed by atoms with E-state index in [1.54, 1.807) is 12.1 Å². The predicted octanol–water partition coefficient (Wildman–Crippen LogP) is 2.10. The fourth-order valence-electron chi connectivity index (χ4n) is 1.83. The maximum absolute atomic E-state index is 13.0. The summed E-state index contributed by atoms with van der Waals surface area (Å²) in [5.74, 6) is -3.94.